The van der Waals surface area contributed by atoms with Crippen molar-refractivity contribution in [1.82, 2.24) is 0 Å². The molecule has 0 amide bonds. The van der Waals surface area contributed by atoms with Gasteiger partial charge in [-0.1, -0.05) is 306 Å². The molecule has 3 unspecified atom stereocenters. The highest BCUT2D eigenvalue weighted by molar-refractivity contribution is 7.47. The number of unbranched alkanes of at least 4 members (excludes halogenated alkanes) is 34. The van der Waals surface area contributed by atoms with Gasteiger partial charge in [0.05, 0.1) is 26.4 Å². The molecule has 19 heteroatoms. The molecule has 0 aliphatic rings. The largest absolute Gasteiger partial charge is 0.472 e. The highest BCUT2D eigenvalue weighted by Crippen LogP contribution is 2.45. The van der Waals surface area contributed by atoms with E-state index in [1.54, 1.807) is 0 Å². The smallest absolute Gasteiger partial charge is 0.462 e. The van der Waals surface area contributed by atoms with E-state index >= 15 is 0 Å². The van der Waals surface area contributed by atoms with E-state index in [9.17, 15) is 43.2 Å². The van der Waals surface area contributed by atoms with Crippen LogP contribution in [-0.2, 0) is 65.4 Å². The van der Waals surface area contributed by atoms with Crippen molar-refractivity contribution in [2.24, 2.45) is 23.7 Å². The van der Waals surface area contributed by atoms with Gasteiger partial charge < -0.3 is 33.8 Å². The topological polar surface area (TPSA) is 237 Å². The third-order valence-electron chi connectivity index (χ3n) is 16.9. The van der Waals surface area contributed by atoms with Crippen LogP contribution in [0.2, 0.25) is 0 Å². The summed E-state index contributed by atoms with van der Waals surface area (Å²) in [7, 11) is -9.90. The highest BCUT2D eigenvalue weighted by Gasteiger charge is 2.30. The molecule has 0 fully saturated rings. The van der Waals surface area contributed by atoms with Gasteiger partial charge in [0.1, 0.15) is 19.3 Å². The molecule has 3 N–H and O–H groups in total. The molecule has 91 heavy (non-hydrogen) atoms. The van der Waals surface area contributed by atoms with E-state index in [-0.39, 0.29) is 25.7 Å². The standard InChI is InChI=1S/C72H140O17P2/c1-9-65(8)51-43-35-30-31-37-45-53-70(75)83-59-68(88-71(76)54-46-38-28-19-17-15-13-11-10-12-14-16-18-24-32-40-48-62(2)3)61-87-91(80,81)85-57-66(73)56-84-90(78,79)86-60-67(89-72(77)55-47-39-29-23-21-26-34-42-50-64(6)7)58-82-69(74)52-44-36-27-22-20-25-33-41-49-63(4)5/h62-68,73H,9-61H2,1-8H3,(H,78,79)(H,80,81)/t65?,66-,67-,68-/m1/s1. The molecule has 0 aromatic carbocycles. The van der Waals surface area contributed by atoms with E-state index in [0.717, 1.165) is 120 Å². The van der Waals surface area contributed by atoms with Crippen molar-refractivity contribution in [3.63, 3.8) is 0 Å². The molecule has 0 aromatic rings. The van der Waals surface area contributed by atoms with Gasteiger partial charge in [0.15, 0.2) is 12.2 Å². The Labute approximate surface area is 556 Å². The van der Waals surface area contributed by atoms with Crippen LogP contribution in [0.3, 0.4) is 0 Å². The quantitative estimate of drug-likeness (QED) is 0.0222. The van der Waals surface area contributed by atoms with Crippen LogP contribution in [0.1, 0.15) is 357 Å². The van der Waals surface area contributed by atoms with Crippen LogP contribution in [0.15, 0.2) is 0 Å². The molecule has 0 spiro atoms. The molecule has 0 heterocycles. The zero-order valence-electron chi connectivity index (χ0n) is 59.5. The van der Waals surface area contributed by atoms with Gasteiger partial charge >= 0.3 is 39.5 Å². The first-order valence-electron chi connectivity index (χ1n) is 37.2. The molecule has 0 saturated carbocycles. The van der Waals surface area contributed by atoms with E-state index < -0.39 is 97.5 Å². The van der Waals surface area contributed by atoms with Crippen LogP contribution >= 0.6 is 15.6 Å². The SMILES string of the molecule is CCC(C)CCCCCCCCC(=O)OC[C@H](COP(=O)(O)OC[C@H](O)COP(=O)(O)OC[C@@H](COC(=O)CCCCCCCCCCC(C)C)OC(=O)CCCCCCCCCCC(C)C)OC(=O)CCCCCCCCCCCCCCCCCCC(C)C. The van der Waals surface area contributed by atoms with Crippen LogP contribution in [-0.4, -0.2) is 96.7 Å². The van der Waals surface area contributed by atoms with Crippen LogP contribution in [0, 0.1) is 23.7 Å². The van der Waals surface area contributed by atoms with Gasteiger partial charge in [-0.15, -0.1) is 0 Å². The second-order valence-corrected chi connectivity index (χ2v) is 30.6. The number of phosphoric ester groups is 2. The summed E-state index contributed by atoms with van der Waals surface area (Å²) in [5.41, 5.74) is 0. The minimum absolute atomic E-state index is 0.103. The maximum absolute atomic E-state index is 13.0. The Morgan fingerprint density at radius 2 is 0.527 bits per heavy atom. The summed E-state index contributed by atoms with van der Waals surface area (Å²) < 4.78 is 68.3. The first kappa shape index (κ1) is 89.1. The van der Waals surface area contributed by atoms with Gasteiger partial charge in [-0.25, -0.2) is 9.13 Å². The summed E-state index contributed by atoms with van der Waals surface area (Å²) in [6.07, 6.45) is 44.6. The van der Waals surface area contributed by atoms with Gasteiger partial charge in [-0.2, -0.15) is 0 Å². The summed E-state index contributed by atoms with van der Waals surface area (Å²) in [6, 6.07) is 0. The van der Waals surface area contributed by atoms with Crippen LogP contribution in [0.25, 0.3) is 0 Å². The Hall–Kier alpha value is -1.94. The first-order chi connectivity index (χ1) is 43.6. The summed E-state index contributed by atoms with van der Waals surface area (Å²) in [5, 5.41) is 10.6. The number of aliphatic hydroxyl groups excluding tert-OH is 1. The zero-order chi connectivity index (χ0) is 67.5. The predicted octanol–water partition coefficient (Wildman–Crippen LogP) is 20.5. The van der Waals surface area contributed by atoms with Crippen molar-refractivity contribution >= 4 is 39.5 Å². The fraction of sp³-hybridized carbons (Fsp3) is 0.944. The molecular weight excluding hydrogens is 1200 g/mol. The Morgan fingerprint density at radius 1 is 0.308 bits per heavy atom. The Bertz CT molecular complexity index is 1800. The minimum Gasteiger partial charge on any atom is -0.462 e. The molecule has 0 aliphatic carbocycles. The lowest BCUT2D eigenvalue weighted by atomic mass is 10.00. The van der Waals surface area contributed by atoms with Crippen molar-refractivity contribution < 1.29 is 80.2 Å². The molecule has 0 aromatic heterocycles. The fourth-order valence-electron chi connectivity index (χ4n) is 10.8. The number of aliphatic hydroxyl groups is 1. The summed E-state index contributed by atoms with van der Waals surface area (Å²) >= 11 is 0. The number of carbonyl (C=O) groups is 4. The maximum atomic E-state index is 13.0. The van der Waals surface area contributed by atoms with E-state index in [0.29, 0.717) is 25.7 Å². The van der Waals surface area contributed by atoms with Crippen LogP contribution < -0.4 is 0 Å². The number of hydrogen-bond donors (Lipinski definition) is 3. The number of rotatable bonds is 69. The highest BCUT2D eigenvalue weighted by atomic mass is 31.2. The molecule has 0 bridgehead atoms. The molecule has 6 atom stereocenters. The summed E-state index contributed by atoms with van der Waals surface area (Å²) in [6.45, 7) is 14.1. The zero-order valence-corrected chi connectivity index (χ0v) is 61.3. The lowest BCUT2D eigenvalue weighted by Crippen LogP contribution is -2.30. The monoisotopic (exact) mass is 1340 g/mol. The van der Waals surface area contributed by atoms with Gasteiger partial charge in [-0.05, 0) is 49.4 Å². The molecule has 0 aliphatic heterocycles. The average molecular weight is 1340 g/mol. The fourth-order valence-corrected chi connectivity index (χ4v) is 12.4. The minimum atomic E-state index is -4.95. The summed E-state index contributed by atoms with van der Waals surface area (Å²) in [4.78, 5) is 72.6. The van der Waals surface area contributed by atoms with Gasteiger partial charge in [0.25, 0.3) is 0 Å². The average Bonchev–Trinajstić information content (AvgIpc) is 3.44. The third-order valence-corrected chi connectivity index (χ3v) is 18.8. The van der Waals surface area contributed by atoms with Crippen LogP contribution in [0.4, 0.5) is 0 Å². The number of carbonyl (C=O) groups excluding carboxylic acids is 4. The first-order valence-corrected chi connectivity index (χ1v) is 40.2. The van der Waals surface area contributed by atoms with Gasteiger partial charge in [0.2, 0.25) is 0 Å². The van der Waals surface area contributed by atoms with Crippen molar-refractivity contribution in [2.75, 3.05) is 39.6 Å². The maximum Gasteiger partial charge on any atom is 0.472 e. The van der Waals surface area contributed by atoms with Crippen molar-refractivity contribution in [3.8, 4) is 0 Å². The normalized spacial score (nSPS) is 14.5. The molecule has 0 saturated heterocycles. The van der Waals surface area contributed by atoms with Crippen molar-refractivity contribution in [2.45, 2.75) is 375 Å². The molecule has 0 rings (SSSR count). The van der Waals surface area contributed by atoms with E-state index in [4.69, 9.17) is 37.0 Å². The molecule has 17 nitrogen and oxygen atoms in total. The van der Waals surface area contributed by atoms with Gasteiger partial charge in [-0.3, -0.25) is 37.3 Å². The van der Waals surface area contributed by atoms with Crippen molar-refractivity contribution in [3.05, 3.63) is 0 Å². The second-order valence-electron chi connectivity index (χ2n) is 27.6. The van der Waals surface area contributed by atoms with Crippen molar-refractivity contribution in [1.29, 1.82) is 0 Å². The molecule has 540 valence electrons. The number of esters is 4. The number of phosphoric acid groups is 2. The predicted molar refractivity (Wildman–Crippen MR) is 367 cm³/mol. The second kappa shape index (κ2) is 61.6. The Morgan fingerprint density at radius 3 is 0.780 bits per heavy atom. The lowest BCUT2D eigenvalue weighted by Gasteiger charge is -2.21. The van der Waals surface area contributed by atoms with Crippen LogP contribution in [0.5, 0.6) is 0 Å². The molecule has 0 radical (unpaired) electrons. The lowest BCUT2D eigenvalue weighted by molar-refractivity contribution is -0.161. The Kier molecular flexibility index (Phi) is 60.3. The summed E-state index contributed by atoms with van der Waals surface area (Å²) in [5.74, 6) is 0.855. The number of ether oxygens (including phenoxy) is 4. The van der Waals surface area contributed by atoms with E-state index in [1.165, 1.54) is 154 Å². The third kappa shape index (κ3) is 65.1. The Balaban J connectivity index is 5.21. The molecular formula is C72H140O17P2. The number of hydrogen-bond acceptors (Lipinski definition) is 15. The van der Waals surface area contributed by atoms with Gasteiger partial charge in [0, 0.05) is 25.7 Å². The van der Waals surface area contributed by atoms with E-state index in [2.05, 4.69) is 55.4 Å². The van der Waals surface area contributed by atoms with E-state index in [1.807, 2.05) is 0 Å².